The van der Waals surface area contributed by atoms with Crippen LogP contribution >= 0.6 is 0 Å². The molecule has 1 aliphatic heterocycles. The number of benzene rings is 2. The monoisotopic (exact) mass is 430 g/mol. The molecule has 4 rings (SSSR count). The number of likely N-dealkylation sites (tertiary alicyclic amines) is 1. The number of hydrogen-bond donors (Lipinski definition) is 0. The van der Waals surface area contributed by atoms with E-state index < -0.39 is 5.60 Å². The van der Waals surface area contributed by atoms with Crippen LogP contribution in [0.25, 0.3) is 22.4 Å². The number of carbonyl (C=O) groups excluding carboxylic acids is 1. The Morgan fingerprint density at radius 3 is 2.34 bits per heavy atom. The third kappa shape index (κ3) is 5.28. The highest BCUT2D eigenvalue weighted by Crippen LogP contribution is 2.33. The van der Waals surface area contributed by atoms with Crippen molar-refractivity contribution >= 4 is 6.09 Å². The summed E-state index contributed by atoms with van der Waals surface area (Å²) < 4.78 is 11.7. The zero-order valence-electron chi connectivity index (χ0n) is 19.0. The predicted octanol–water partition coefficient (Wildman–Crippen LogP) is 6.19. The van der Waals surface area contributed by atoms with Crippen molar-refractivity contribution in [3.8, 4) is 28.1 Å². The molecule has 3 aromatic rings. The third-order valence-corrected chi connectivity index (χ3v) is 5.44. The minimum absolute atomic E-state index is 0.00109. The van der Waals surface area contributed by atoms with E-state index in [1.165, 1.54) is 0 Å². The molecule has 5 heteroatoms. The van der Waals surface area contributed by atoms with Gasteiger partial charge >= 0.3 is 6.09 Å². The van der Waals surface area contributed by atoms with Crippen molar-refractivity contribution in [1.29, 1.82) is 0 Å². The van der Waals surface area contributed by atoms with E-state index in [1.54, 1.807) is 11.1 Å². The minimum Gasteiger partial charge on any atom is -0.490 e. The molecule has 1 amide bonds. The molecule has 2 aromatic carbocycles. The van der Waals surface area contributed by atoms with Gasteiger partial charge in [0.25, 0.3) is 0 Å². The maximum Gasteiger partial charge on any atom is 0.410 e. The summed E-state index contributed by atoms with van der Waals surface area (Å²) >= 11 is 0. The fraction of sp³-hybridized carbons (Fsp3) is 0.333. The lowest BCUT2D eigenvalue weighted by atomic mass is 9.99. The van der Waals surface area contributed by atoms with Gasteiger partial charge in [-0.05, 0) is 45.2 Å². The molecular weight excluding hydrogens is 400 g/mol. The first-order valence-corrected chi connectivity index (χ1v) is 11.1. The van der Waals surface area contributed by atoms with Crippen LogP contribution in [0.4, 0.5) is 4.79 Å². The largest absolute Gasteiger partial charge is 0.490 e. The summed E-state index contributed by atoms with van der Waals surface area (Å²) in [5.74, 6) is 0.694. The summed E-state index contributed by atoms with van der Waals surface area (Å²) in [6, 6.07) is 22.4. The van der Waals surface area contributed by atoms with Crippen molar-refractivity contribution < 1.29 is 14.3 Å². The van der Waals surface area contributed by atoms with Gasteiger partial charge in [0.2, 0.25) is 0 Å². The van der Waals surface area contributed by atoms with Crippen molar-refractivity contribution in [3.05, 3.63) is 72.9 Å². The molecule has 0 unspecified atom stereocenters. The number of ether oxygens (including phenoxy) is 2. The molecule has 0 spiro atoms. The van der Waals surface area contributed by atoms with E-state index in [0.29, 0.717) is 18.9 Å². The lowest BCUT2D eigenvalue weighted by molar-refractivity contribution is 0.0187. The number of nitrogens with zero attached hydrogens (tertiary/aromatic N) is 2. The number of aromatic nitrogens is 1. The number of hydrogen-bond acceptors (Lipinski definition) is 4. The molecule has 1 fully saturated rings. The Bertz CT molecular complexity index is 1050. The molecule has 0 radical (unpaired) electrons. The number of carbonyl (C=O) groups is 1. The number of pyridine rings is 1. The van der Waals surface area contributed by atoms with Gasteiger partial charge in [-0.1, -0.05) is 60.7 Å². The van der Waals surface area contributed by atoms with Crippen LogP contribution in [0.15, 0.2) is 72.9 Å². The summed E-state index contributed by atoms with van der Waals surface area (Å²) in [6.07, 6.45) is 3.35. The van der Waals surface area contributed by atoms with E-state index in [1.807, 2.05) is 63.2 Å². The Hall–Kier alpha value is -3.34. The molecular formula is C27H30N2O3. The lowest BCUT2D eigenvalue weighted by Gasteiger charge is -2.28. The summed E-state index contributed by atoms with van der Waals surface area (Å²) in [7, 11) is 0. The van der Waals surface area contributed by atoms with Crippen LogP contribution in [0.5, 0.6) is 5.75 Å². The Morgan fingerprint density at radius 2 is 1.69 bits per heavy atom. The second kappa shape index (κ2) is 9.43. The predicted molar refractivity (Wildman–Crippen MR) is 127 cm³/mol. The van der Waals surface area contributed by atoms with Gasteiger partial charge in [-0.25, -0.2) is 4.79 Å². The van der Waals surface area contributed by atoms with E-state index in [9.17, 15) is 4.79 Å². The maximum absolute atomic E-state index is 12.6. The Morgan fingerprint density at radius 1 is 1.03 bits per heavy atom. The molecule has 5 nitrogen and oxygen atoms in total. The summed E-state index contributed by atoms with van der Waals surface area (Å²) in [6.45, 7) is 6.77. The van der Waals surface area contributed by atoms with Crippen molar-refractivity contribution in [2.75, 3.05) is 13.2 Å². The molecule has 32 heavy (non-hydrogen) atoms. The van der Waals surface area contributed by atoms with Crippen LogP contribution in [0, 0.1) is 0 Å². The first-order valence-electron chi connectivity index (χ1n) is 11.1. The van der Waals surface area contributed by atoms with Crippen molar-refractivity contribution in [2.24, 2.45) is 0 Å². The van der Waals surface area contributed by atoms with Gasteiger partial charge < -0.3 is 14.4 Å². The zero-order valence-corrected chi connectivity index (χ0v) is 19.0. The number of amides is 1. The molecule has 1 aliphatic rings. The molecule has 0 aliphatic carbocycles. The van der Waals surface area contributed by atoms with E-state index >= 15 is 0 Å². The van der Waals surface area contributed by atoms with Crippen molar-refractivity contribution in [3.63, 3.8) is 0 Å². The van der Waals surface area contributed by atoms with E-state index in [2.05, 4.69) is 24.3 Å². The molecule has 1 saturated heterocycles. The maximum atomic E-state index is 12.6. The van der Waals surface area contributed by atoms with Gasteiger partial charge in [0.1, 0.15) is 18.0 Å². The Balaban J connectivity index is 1.54. The molecule has 1 atom stereocenters. The first-order chi connectivity index (χ1) is 15.4. The van der Waals surface area contributed by atoms with Crippen LogP contribution in [0.3, 0.4) is 0 Å². The fourth-order valence-corrected chi connectivity index (χ4v) is 3.95. The smallest absolute Gasteiger partial charge is 0.410 e. The van der Waals surface area contributed by atoms with Gasteiger partial charge in [0, 0.05) is 17.7 Å². The molecule has 1 aromatic heterocycles. The lowest BCUT2D eigenvalue weighted by Crippen LogP contribution is -2.42. The van der Waals surface area contributed by atoms with Gasteiger partial charge in [-0.15, -0.1) is 0 Å². The normalized spacial score (nSPS) is 16.1. The molecule has 0 N–H and O–H groups in total. The molecule has 0 saturated carbocycles. The number of rotatable bonds is 5. The van der Waals surface area contributed by atoms with Gasteiger partial charge in [0.05, 0.1) is 17.9 Å². The fourth-order valence-electron chi connectivity index (χ4n) is 3.95. The highest BCUT2D eigenvalue weighted by Gasteiger charge is 2.32. The van der Waals surface area contributed by atoms with Crippen molar-refractivity contribution in [2.45, 2.75) is 45.3 Å². The van der Waals surface area contributed by atoms with Crippen LogP contribution in [0.2, 0.25) is 0 Å². The van der Waals surface area contributed by atoms with Gasteiger partial charge in [-0.2, -0.15) is 0 Å². The zero-order chi connectivity index (χ0) is 22.6. The van der Waals surface area contributed by atoms with Crippen molar-refractivity contribution in [1.82, 2.24) is 9.88 Å². The average molecular weight is 431 g/mol. The van der Waals surface area contributed by atoms with E-state index in [0.717, 1.165) is 35.2 Å². The minimum atomic E-state index is -0.507. The molecule has 166 valence electrons. The van der Waals surface area contributed by atoms with E-state index in [4.69, 9.17) is 14.5 Å². The Kier molecular flexibility index (Phi) is 6.45. The molecule has 0 bridgehead atoms. The summed E-state index contributed by atoms with van der Waals surface area (Å²) in [5.41, 5.74) is 3.57. The van der Waals surface area contributed by atoms with Gasteiger partial charge in [-0.3, -0.25) is 4.98 Å². The average Bonchev–Trinajstić information content (AvgIpc) is 3.27. The quantitative estimate of drug-likeness (QED) is 0.484. The summed E-state index contributed by atoms with van der Waals surface area (Å²) in [4.78, 5) is 19.1. The second-order valence-electron chi connectivity index (χ2n) is 9.08. The van der Waals surface area contributed by atoms with Crippen LogP contribution in [-0.2, 0) is 4.74 Å². The van der Waals surface area contributed by atoms with Crippen LogP contribution < -0.4 is 4.74 Å². The first kappa shape index (κ1) is 21.9. The topological polar surface area (TPSA) is 51.7 Å². The second-order valence-corrected chi connectivity index (χ2v) is 9.08. The third-order valence-electron chi connectivity index (χ3n) is 5.44. The Labute approximate surface area is 190 Å². The van der Waals surface area contributed by atoms with E-state index in [-0.39, 0.29) is 12.1 Å². The summed E-state index contributed by atoms with van der Waals surface area (Å²) in [5, 5.41) is 0. The molecule has 2 heterocycles. The standard InChI is InChI=1S/C27H30N2O3/c1-27(2,3)32-26(30)29-16-10-15-22(29)19-31-23-17-24(20-11-6-4-7-12-20)25(28-18-23)21-13-8-5-9-14-21/h4-9,11-14,17-18,22H,10,15-16,19H2,1-3H3/t22-/m0/s1. The highest BCUT2D eigenvalue weighted by molar-refractivity contribution is 5.81. The van der Waals surface area contributed by atoms with Crippen LogP contribution in [0.1, 0.15) is 33.6 Å². The SMILES string of the molecule is CC(C)(C)OC(=O)N1CCC[C@H]1COc1cnc(-c2ccccc2)c(-c2ccccc2)c1. The highest BCUT2D eigenvalue weighted by atomic mass is 16.6. The van der Waals surface area contributed by atoms with Crippen LogP contribution in [-0.4, -0.2) is 40.8 Å². The van der Waals surface area contributed by atoms with Gasteiger partial charge in [0.15, 0.2) is 0 Å².